The molecular weight excluding hydrogens is 266 g/mol. The first-order valence-electron chi connectivity index (χ1n) is 7.98. The van der Waals surface area contributed by atoms with Crippen LogP contribution in [0.15, 0.2) is 23.8 Å². The van der Waals surface area contributed by atoms with Crippen LogP contribution in [-0.4, -0.2) is 46.3 Å². The fourth-order valence-electron chi connectivity index (χ4n) is 2.75. The molecule has 1 fully saturated rings. The fraction of sp³-hybridized carbons (Fsp3) is 0.706. The molecule has 0 radical (unpaired) electrons. The summed E-state index contributed by atoms with van der Waals surface area (Å²) in [5, 5.41) is 19.4. The molecule has 1 aliphatic heterocycles. The number of nitrogens with zero attached hydrogens (tertiary/aromatic N) is 1. The van der Waals surface area contributed by atoms with Crippen LogP contribution in [0.25, 0.3) is 0 Å². The SMILES string of the molecule is CC=CC(=CC(C)CC)C(C(=O)O)N1CCCC(O)CC1. The van der Waals surface area contributed by atoms with Crippen molar-refractivity contribution in [2.24, 2.45) is 5.92 Å². The smallest absolute Gasteiger partial charge is 0.325 e. The zero-order valence-corrected chi connectivity index (χ0v) is 13.5. The summed E-state index contributed by atoms with van der Waals surface area (Å²) in [5.41, 5.74) is 0.857. The lowest BCUT2D eigenvalue weighted by atomic mass is 9.98. The van der Waals surface area contributed by atoms with E-state index in [-0.39, 0.29) is 6.10 Å². The summed E-state index contributed by atoms with van der Waals surface area (Å²) in [6, 6.07) is -0.611. The minimum absolute atomic E-state index is 0.298. The van der Waals surface area contributed by atoms with Crippen molar-refractivity contribution in [1.82, 2.24) is 4.90 Å². The van der Waals surface area contributed by atoms with E-state index in [0.29, 0.717) is 18.9 Å². The Morgan fingerprint density at radius 1 is 1.38 bits per heavy atom. The van der Waals surface area contributed by atoms with Gasteiger partial charge in [-0.3, -0.25) is 9.69 Å². The summed E-state index contributed by atoms with van der Waals surface area (Å²) in [5.74, 6) is -0.449. The molecule has 4 heteroatoms. The maximum Gasteiger partial charge on any atom is 0.325 e. The summed E-state index contributed by atoms with van der Waals surface area (Å²) in [6.07, 6.45) is 8.83. The van der Waals surface area contributed by atoms with E-state index >= 15 is 0 Å². The molecule has 21 heavy (non-hydrogen) atoms. The number of aliphatic hydroxyl groups is 1. The molecule has 0 aromatic carbocycles. The van der Waals surface area contributed by atoms with Gasteiger partial charge in [-0.05, 0) is 44.2 Å². The Morgan fingerprint density at radius 3 is 2.67 bits per heavy atom. The molecule has 1 heterocycles. The molecule has 1 aliphatic rings. The fourth-order valence-corrected chi connectivity index (χ4v) is 2.75. The highest BCUT2D eigenvalue weighted by Gasteiger charge is 2.29. The van der Waals surface area contributed by atoms with E-state index in [1.54, 1.807) is 0 Å². The molecule has 0 amide bonds. The third-order valence-corrected chi connectivity index (χ3v) is 4.13. The van der Waals surface area contributed by atoms with Crippen LogP contribution in [0.2, 0.25) is 0 Å². The summed E-state index contributed by atoms with van der Waals surface area (Å²) in [7, 11) is 0. The first-order chi connectivity index (χ1) is 9.99. The molecule has 0 aliphatic carbocycles. The van der Waals surface area contributed by atoms with Crippen molar-refractivity contribution in [2.75, 3.05) is 13.1 Å². The number of carboxylic acids is 1. The second-order valence-corrected chi connectivity index (χ2v) is 5.91. The van der Waals surface area contributed by atoms with Crippen LogP contribution in [0.4, 0.5) is 0 Å². The second-order valence-electron chi connectivity index (χ2n) is 5.91. The Balaban J connectivity index is 3.01. The van der Waals surface area contributed by atoms with Crippen LogP contribution in [0, 0.1) is 5.92 Å². The first kappa shape index (κ1) is 17.9. The minimum atomic E-state index is -0.806. The van der Waals surface area contributed by atoms with E-state index in [1.165, 1.54) is 0 Å². The quantitative estimate of drug-likeness (QED) is 0.740. The van der Waals surface area contributed by atoms with Crippen molar-refractivity contribution in [1.29, 1.82) is 0 Å². The topological polar surface area (TPSA) is 60.8 Å². The third-order valence-electron chi connectivity index (χ3n) is 4.13. The molecule has 120 valence electrons. The number of likely N-dealkylation sites (tertiary alicyclic amines) is 1. The predicted octanol–water partition coefficient (Wildman–Crippen LogP) is 2.84. The zero-order valence-electron chi connectivity index (χ0n) is 13.5. The molecule has 2 N–H and O–H groups in total. The van der Waals surface area contributed by atoms with E-state index in [2.05, 4.69) is 19.9 Å². The van der Waals surface area contributed by atoms with Gasteiger partial charge in [0.2, 0.25) is 0 Å². The highest BCUT2D eigenvalue weighted by atomic mass is 16.4. The number of hydrogen-bond donors (Lipinski definition) is 2. The molecule has 1 saturated heterocycles. The monoisotopic (exact) mass is 295 g/mol. The highest BCUT2D eigenvalue weighted by molar-refractivity contribution is 5.78. The van der Waals surface area contributed by atoms with Crippen molar-refractivity contribution in [3.63, 3.8) is 0 Å². The first-order valence-corrected chi connectivity index (χ1v) is 7.98. The van der Waals surface area contributed by atoms with E-state index in [4.69, 9.17) is 0 Å². The van der Waals surface area contributed by atoms with Gasteiger partial charge in [0.1, 0.15) is 6.04 Å². The standard InChI is InChI=1S/C17H29NO3/c1-4-7-14(12-13(3)5-2)16(17(20)21)18-10-6-8-15(19)9-11-18/h4,7,12-13,15-16,19H,5-6,8-11H2,1-3H3,(H,20,21). The van der Waals surface area contributed by atoms with Gasteiger partial charge < -0.3 is 10.2 Å². The van der Waals surface area contributed by atoms with Gasteiger partial charge in [0.15, 0.2) is 0 Å². The van der Waals surface area contributed by atoms with Gasteiger partial charge >= 0.3 is 5.97 Å². The Labute approximate surface area is 128 Å². The van der Waals surface area contributed by atoms with Crippen molar-refractivity contribution >= 4 is 5.97 Å². The maximum atomic E-state index is 11.8. The molecule has 0 saturated carbocycles. The summed E-state index contributed by atoms with van der Waals surface area (Å²) < 4.78 is 0. The van der Waals surface area contributed by atoms with Crippen LogP contribution in [0.1, 0.15) is 46.5 Å². The Kier molecular flexibility index (Phi) is 7.68. The largest absolute Gasteiger partial charge is 0.480 e. The van der Waals surface area contributed by atoms with Gasteiger partial charge in [-0.25, -0.2) is 0 Å². The third kappa shape index (κ3) is 5.64. The van der Waals surface area contributed by atoms with Crippen LogP contribution < -0.4 is 0 Å². The van der Waals surface area contributed by atoms with Crippen molar-refractivity contribution in [2.45, 2.75) is 58.6 Å². The molecule has 0 aromatic rings. The van der Waals surface area contributed by atoms with Crippen LogP contribution >= 0.6 is 0 Å². The molecule has 0 spiro atoms. The average molecular weight is 295 g/mol. The Morgan fingerprint density at radius 2 is 2.10 bits per heavy atom. The Bertz CT molecular complexity index is 389. The number of rotatable bonds is 6. The van der Waals surface area contributed by atoms with Gasteiger partial charge in [-0.15, -0.1) is 0 Å². The van der Waals surface area contributed by atoms with Gasteiger partial charge in [0, 0.05) is 6.54 Å². The predicted molar refractivity (Wildman–Crippen MR) is 85.2 cm³/mol. The molecule has 3 unspecified atom stereocenters. The van der Waals surface area contributed by atoms with E-state index in [1.807, 2.05) is 24.0 Å². The average Bonchev–Trinajstić information content (AvgIpc) is 2.64. The van der Waals surface area contributed by atoms with Gasteiger partial charge in [0.25, 0.3) is 0 Å². The van der Waals surface area contributed by atoms with Crippen LogP contribution in [0.5, 0.6) is 0 Å². The van der Waals surface area contributed by atoms with Gasteiger partial charge in [0.05, 0.1) is 6.10 Å². The van der Waals surface area contributed by atoms with Crippen molar-refractivity contribution < 1.29 is 15.0 Å². The summed E-state index contributed by atoms with van der Waals surface area (Å²) in [4.78, 5) is 13.8. The van der Waals surface area contributed by atoms with E-state index in [0.717, 1.165) is 31.4 Å². The summed E-state index contributed by atoms with van der Waals surface area (Å²) in [6.45, 7) is 7.48. The number of hydrogen-bond acceptors (Lipinski definition) is 3. The number of aliphatic hydroxyl groups excluding tert-OH is 1. The molecule has 0 bridgehead atoms. The molecule has 0 aromatic heterocycles. The van der Waals surface area contributed by atoms with E-state index < -0.39 is 12.0 Å². The molecule has 3 atom stereocenters. The Hall–Kier alpha value is -1.13. The minimum Gasteiger partial charge on any atom is -0.480 e. The second kappa shape index (κ2) is 9.00. The lowest BCUT2D eigenvalue weighted by Gasteiger charge is -2.29. The number of aliphatic carboxylic acids is 1. The lowest BCUT2D eigenvalue weighted by molar-refractivity contribution is -0.141. The zero-order chi connectivity index (χ0) is 15.8. The lowest BCUT2D eigenvalue weighted by Crippen LogP contribution is -2.43. The summed E-state index contributed by atoms with van der Waals surface area (Å²) >= 11 is 0. The highest BCUT2D eigenvalue weighted by Crippen LogP contribution is 2.21. The van der Waals surface area contributed by atoms with E-state index in [9.17, 15) is 15.0 Å². The van der Waals surface area contributed by atoms with Gasteiger partial charge in [-0.1, -0.05) is 38.5 Å². The van der Waals surface area contributed by atoms with Crippen molar-refractivity contribution in [3.05, 3.63) is 23.8 Å². The van der Waals surface area contributed by atoms with Gasteiger partial charge in [-0.2, -0.15) is 0 Å². The molecule has 1 rings (SSSR count). The normalized spacial score (nSPS) is 24.8. The number of allylic oxidation sites excluding steroid dienone is 2. The maximum absolute atomic E-state index is 11.8. The van der Waals surface area contributed by atoms with Crippen molar-refractivity contribution in [3.8, 4) is 0 Å². The van der Waals surface area contributed by atoms with Crippen LogP contribution in [-0.2, 0) is 4.79 Å². The number of carboxylic acid groups (broad SMARTS) is 1. The molecular formula is C17H29NO3. The van der Waals surface area contributed by atoms with Crippen LogP contribution in [0.3, 0.4) is 0 Å². The number of carbonyl (C=O) groups is 1. The molecule has 4 nitrogen and oxygen atoms in total.